The summed E-state index contributed by atoms with van der Waals surface area (Å²) in [6.45, 7) is 3.80. The third-order valence-electron chi connectivity index (χ3n) is 3.46. The van der Waals surface area contributed by atoms with Crippen molar-refractivity contribution in [2.75, 3.05) is 16.9 Å². The number of thioether (sulfide) groups is 1. The van der Waals surface area contributed by atoms with E-state index in [1.54, 1.807) is 41.2 Å². The number of pyridine rings is 1. The summed E-state index contributed by atoms with van der Waals surface area (Å²) in [5.41, 5.74) is 1.35. The fourth-order valence-corrected chi connectivity index (χ4v) is 4.04. The maximum Gasteiger partial charge on any atom is 0.256 e. The Labute approximate surface area is 142 Å². The first-order valence-corrected chi connectivity index (χ1v) is 9.06. The van der Waals surface area contributed by atoms with Gasteiger partial charge in [-0.1, -0.05) is 0 Å². The molecule has 0 bridgehead atoms. The number of hydrogen-bond acceptors (Lipinski definition) is 6. The molecule has 2 aromatic rings. The molecule has 1 aliphatic heterocycles. The van der Waals surface area contributed by atoms with Crippen molar-refractivity contribution in [2.45, 2.75) is 19.9 Å². The number of carbonyl (C=O) groups excluding carboxylic acids is 2. The molecule has 2 aromatic heterocycles. The van der Waals surface area contributed by atoms with E-state index in [1.807, 2.05) is 13.8 Å². The lowest BCUT2D eigenvalue weighted by molar-refractivity contribution is -0.119. The van der Waals surface area contributed by atoms with Gasteiger partial charge in [-0.25, -0.2) is 4.98 Å². The molecule has 0 aliphatic carbocycles. The van der Waals surface area contributed by atoms with Crippen LogP contribution in [0.15, 0.2) is 24.5 Å². The first kappa shape index (κ1) is 15.9. The van der Waals surface area contributed by atoms with Crippen molar-refractivity contribution in [1.29, 1.82) is 0 Å². The number of aromatic nitrogens is 2. The third kappa shape index (κ3) is 3.53. The highest BCUT2D eigenvalue weighted by Crippen LogP contribution is 2.25. The Bertz CT molecular complexity index is 729. The van der Waals surface area contributed by atoms with Crippen LogP contribution in [0.1, 0.15) is 20.9 Å². The standard InChI is InChI=1S/C15H16N4O2S2/c1-9-3-4-11(6-16-9)14(21)19-8-22-7-12(19)13(20)18-15-17-5-10(2)23-15/h3-6,12H,7-8H2,1-2H3,(H,17,18,20)/t12-/m1/s1. The van der Waals surface area contributed by atoms with Crippen molar-refractivity contribution < 1.29 is 9.59 Å². The summed E-state index contributed by atoms with van der Waals surface area (Å²) < 4.78 is 0. The van der Waals surface area contributed by atoms with E-state index in [1.165, 1.54) is 11.3 Å². The average molecular weight is 348 g/mol. The van der Waals surface area contributed by atoms with E-state index in [4.69, 9.17) is 0 Å². The number of amides is 2. The van der Waals surface area contributed by atoms with E-state index in [2.05, 4.69) is 15.3 Å². The van der Waals surface area contributed by atoms with E-state index in [9.17, 15) is 9.59 Å². The summed E-state index contributed by atoms with van der Waals surface area (Å²) in [7, 11) is 0. The van der Waals surface area contributed by atoms with Gasteiger partial charge in [0.05, 0.1) is 11.4 Å². The number of carbonyl (C=O) groups is 2. The van der Waals surface area contributed by atoms with Crippen LogP contribution in [0.25, 0.3) is 0 Å². The number of nitrogens with zero attached hydrogens (tertiary/aromatic N) is 3. The van der Waals surface area contributed by atoms with E-state index in [-0.39, 0.29) is 11.8 Å². The Morgan fingerprint density at radius 2 is 2.09 bits per heavy atom. The van der Waals surface area contributed by atoms with E-state index >= 15 is 0 Å². The van der Waals surface area contributed by atoms with Gasteiger partial charge >= 0.3 is 0 Å². The van der Waals surface area contributed by atoms with Crippen molar-refractivity contribution in [2.24, 2.45) is 0 Å². The van der Waals surface area contributed by atoms with Gasteiger partial charge in [-0.2, -0.15) is 0 Å². The zero-order valence-corrected chi connectivity index (χ0v) is 14.4. The lowest BCUT2D eigenvalue weighted by atomic mass is 10.2. The SMILES string of the molecule is Cc1ccc(C(=O)N2CSC[C@@H]2C(=O)Nc2ncc(C)s2)cn1. The molecule has 0 saturated carbocycles. The van der Waals surface area contributed by atoms with Crippen LogP contribution in [0.4, 0.5) is 5.13 Å². The molecule has 0 aromatic carbocycles. The first-order chi connectivity index (χ1) is 11.0. The van der Waals surface area contributed by atoms with Crippen molar-refractivity contribution in [3.63, 3.8) is 0 Å². The van der Waals surface area contributed by atoms with E-state index in [0.717, 1.165) is 10.6 Å². The summed E-state index contributed by atoms with van der Waals surface area (Å²) in [6.07, 6.45) is 3.27. The minimum absolute atomic E-state index is 0.169. The normalized spacial score (nSPS) is 17.3. The quantitative estimate of drug-likeness (QED) is 0.921. The highest BCUT2D eigenvalue weighted by atomic mass is 32.2. The third-order valence-corrected chi connectivity index (χ3v) is 5.30. The monoisotopic (exact) mass is 348 g/mol. The minimum atomic E-state index is -0.488. The Balaban J connectivity index is 1.73. The molecule has 1 atom stereocenters. The van der Waals surface area contributed by atoms with Gasteiger partial charge in [-0.15, -0.1) is 23.1 Å². The van der Waals surface area contributed by atoms with Gasteiger partial charge in [0.15, 0.2) is 5.13 Å². The second kappa shape index (κ2) is 6.67. The van der Waals surface area contributed by atoms with Gasteiger partial charge in [0.25, 0.3) is 5.91 Å². The summed E-state index contributed by atoms with van der Waals surface area (Å²) in [6, 6.07) is 3.05. The molecule has 0 radical (unpaired) electrons. The maximum atomic E-state index is 12.6. The topological polar surface area (TPSA) is 75.2 Å². The minimum Gasteiger partial charge on any atom is -0.316 e. The Morgan fingerprint density at radius 1 is 1.26 bits per heavy atom. The summed E-state index contributed by atoms with van der Waals surface area (Å²) >= 11 is 2.99. The number of anilines is 1. The van der Waals surface area contributed by atoms with Gasteiger partial charge in [-0.05, 0) is 26.0 Å². The van der Waals surface area contributed by atoms with Gasteiger partial charge in [-0.3, -0.25) is 14.6 Å². The molecule has 6 nitrogen and oxygen atoms in total. The van der Waals surface area contributed by atoms with Crippen molar-refractivity contribution in [3.05, 3.63) is 40.7 Å². The van der Waals surface area contributed by atoms with Gasteiger partial charge in [0.1, 0.15) is 6.04 Å². The molecule has 1 fully saturated rings. The van der Waals surface area contributed by atoms with Crippen LogP contribution in [0.5, 0.6) is 0 Å². The number of rotatable bonds is 3. The molecule has 0 unspecified atom stereocenters. The molecule has 1 N–H and O–H groups in total. The molecule has 8 heteroatoms. The Hall–Kier alpha value is -1.93. The predicted octanol–water partition coefficient (Wildman–Crippen LogP) is 2.31. The smallest absolute Gasteiger partial charge is 0.256 e. The van der Waals surface area contributed by atoms with E-state index < -0.39 is 6.04 Å². The average Bonchev–Trinajstić information content (AvgIpc) is 3.16. The Morgan fingerprint density at radius 3 is 2.74 bits per heavy atom. The molecule has 3 heterocycles. The second-order valence-corrected chi connectivity index (χ2v) is 7.48. The lowest BCUT2D eigenvalue weighted by Crippen LogP contribution is -2.44. The van der Waals surface area contributed by atoms with Crippen molar-refractivity contribution in [1.82, 2.24) is 14.9 Å². The Kier molecular flexibility index (Phi) is 4.63. The largest absolute Gasteiger partial charge is 0.316 e. The molecule has 120 valence electrons. The molecular weight excluding hydrogens is 332 g/mol. The molecule has 1 saturated heterocycles. The fourth-order valence-electron chi connectivity index (χ4n) is 2.22. The first-order valence-electron chi connectivity index (χ1n) is 7.09. The van der Waals surface area contributed by atoms with Gasteiger partial charge in [0, 0.05) is 28.7 Å². The van der Waals surface area contributed by atoms with Crippen LogP contribution in [0, 0.1) is 13.8 Å². The van der Waals surface area contributed by atoms with Crippen LogP contribution < -0.4 is 5.32 Å². The van der Waals surface area contributed by atoms with Crippen LogP contribution in [-0.4, -0.2) is 44.4 Å². The highest BCUT2D eigenvalue weighted by Gasteiger charge is 2.35. The van der Waals surface area contributed by atoms with Crippen LogP contribution >= 0.6 is 23.1 Å². The zero-order valence-electron chi connectivity index (χ0n) is 12.8. The van der Waals surface area contributed by atoms with Crippen LogP contribution in [-0.2, 0) is 4.79 Å². The van der Waals surface area contributed by atoms with Crippen LogP contribution in [0.3, 0.4) is 0 Å². The van der Waals surface area contributed by atoms with Gasteiger partial charge < -0.3 is 10.2 Å². The molecule has 2 amide bonds. The summed E-state index contributed by atoms with van der Waals surface area (Å²) in [5.74, 6) is 0.721. The number of nitrogens with one attached hydrogen (secondary N) is 1. The van der Waals surface area contributed by atoms with E-state index in [0.29, 0.717) is 22.3 Å². The van der Waals surface area contributed by atoms with Crippen molar-refractivity contribution >= 4 is 40.0 Å². The molecular formula is C15H16N4O2S2. The number of aryl methyl sites for hydroxylation is 2. The summed E-state index contributed by atoms with van der Waals surface area (Å²) in [5, 5.41) is 3.36. The summed E-state index contributed by atoms with van der Waals surface area (Å²) in [4.78, 5) is 36.0. The molecule has 1 aliphatic rings. The van der Waals surface area contributed by atoms with Gasteiger partial charge in [0.2, 0.25) is 5.91 Å². The molecule has 23 heavy (non-hydrogen) atoms. The second-order valence-electron chi connectivity index (χ2n) is 5.24. The molecule has 3 rings (SSSR count). The maximum absolute atomic E-state index is 12.6. The highest BCUT2D eigenvalue weighted by molar-refractivity contribution is 7.99. The zero-order chi connectivity index (χ0) is 16.4. The predicted molar refractivity (Wildman–Crippen MR) is 91.7 cm³/mol. The fraction of sp³-hybridized carbons (Fsp3) is 0.333. The molecule has 0 spiro atoms. The lowest BCUT2D eigenvalue weighted by Gasteiger charge is -2.22. The number of thiazole rings is 1. The van der Waals surface area contributed by atoms with Crippen LogP contribution in [0.2, 0.25) is 0 Å². The van der Waals surface area contributed by atoms with Crippen molar-refractivity contribution in [3.8, 4) is 0 Å². The number of hydrogen-bond donors (Lipinski definition) is 1.